The molecule has 17 heteroatoms. The van der Waals surface area contributed by atoms with Crippen molar-refractivity contribution in [1.29, 1.82) is 0 Å². The molecule has 13 nitrogen and oxygen atoms in total. The minimum atomic E-state index is -3.60. The lowest BCUT2D eigenvalue weighted by Crippen LogP contribution is -2.35. The van der Waals surface area contributed by atoms with Crippen LogP contribution in [0.15, 0.2) is 62.9 Å². The molecule has 0 saturated carbocycles. The molecule has 238 valence electrons. The summed E-state index contributed by atoms with van der Waals surface area (Å²) in [5.74, 6) is 1.16. The van der Waals surface area contributed by atoms with Gasteiger partial charge in [-0.15, -0.1) is 20.4 Å². The van der Waals surface area contributed by atoms with Gasteiger partial charge in [0, 0.05) is 18.7 Å². The van der Waals surface area contributed by atoms with Gasteiger partial charge in [-0.1, -0.05) is 60.3 Å². The molecule has 0 radical (unpaired) electrons. The number of nitrogens with one attached hydrogen (secondary N) is 2. The SMILES string of the molecule is CCSc1nnc(NC(=O)CSc2nnc(CNC(=O)c3ccc(S(=O)(=O)N4CCCCC4)cc3)n2-c2ccccc2OC)s1. The zero-order valence-corrected chi connectivity index (χ0v) is 27.9. The lowest BCUT2D eigenvalue weighted by molar-refractivity contribution is -0.113. The normalized spacial score (nSPS) is 13.8. The number of para-hydroxylation sites is 2. The molecule has 2 N–H and O–H groups in total. The summed E-state index contributed by atoms with van der Waals surface area (Å²) in [5, 5.41) is 23.1. The summed E-state index contributed by atoms with van der Waals surface area (Å²) in [4.78, 5) is 25.9. The number of thioether (sulfide) groups is 2. The van der Waals surface area contributed by atoms with Gasteiger partial charge in [0.05, 0.1) is 30.0 Å². The van der Waals surface area contributed by atoms with Crippen LogP contribution in [-0.4, -0.2) is 81.2 Å². The van der Waals surface area contributed by atoms with E-state index >= 15 is 0 Å². The average molecular weight is 689 g/mol. The Labute approximate surface area is 273 Å². The third kappa shape index (κ3) is 8.02. The zero-order valence-electron chi connectivity index (χ0n) is 24.6. The van der Waals surface area contributed by atoms with Crippen LogP contribution in [0.4, 0.5) is 5.13 Å². The molecule has 2 aromatic carbocycles. The fourth-order valence-corrected chi connectivity index (χ4v) is 8.53. The van der Waals surface area contributed by atoms with Gasteiger partial charge in [-0.05, 0) is 55.0 Å². The van der Waals surface area contributed by atoms with Gasteiger partial charge in [0.2, 0.25) is 21.1 Å². The topological polar surface area (TPSA) is 161 Å². The summed E-state index contributed by atoms with van der Waals surface area (Å²) in [6, 6.07) is 13.2. The molecule has 0 atom stereocenters. The Kier molecular flexibility index (Phi) is 11.1. The number of benzene rings is 2. The summed E-state index contributed by atoms with van der Waals surface area (Å²) < 4.78 is 35.5. The number of nitrogens with zero attached hydrogens (tertiary/aromatic N) is 6. The molecule has 0 spiro atoms. The number of methoxy groups -OCH3 is 1. The van der Waals surface area contributed by atoms with Gasteiger partial charge in [-0.2, -0.15) is 4.31 Å². The van der Waals surface area contributed by atoms with Crippen LogP contribution in [0.1, 0.15) is 42.4 Å². The lowest BCUT2D eigenvalue weighted by atomic mass is 10.2. The van der Waals surface area contributed by atoms with Crippen molar-refractivity contribution in [3.63, 3.8) is 0 Å². The first-order valence-corrected chi connectivity index (χ1v) is 18.4. The summed E-state index contributed by atoms with van der Waals surface area (Å²) in [5.41, 5.74) is 0.939. The smallest absolute Gasteiger partial charge is 0.251 e. The van der Waals surface area contributed by atoms with Crippen LogP contribution < -0.4 is 15.4 Å². The summed E-state index contributed by atoms with van der Waals surface area (Å²) in [7, 11) is -2.05. The molecular formula is C28H32N8O5S4. The highest BCUT2D eigenvalue weighted by molar-refractivity contribution is 8.01. The Morgan fingerprint density at radius 3 is 2.47 bits per heavy atom. The number of amides is 2. The highest BCUT2D eigenvalue weighted by Crippen LogP contribution is 2.30. The van der Waals surface area contributed by atoms with Gasteiger partial charge in [0.1, 0.15) is 5.75 Å². The van der Waals surface area contributed by atoms with E-state index in [1.807, 2.05) is 25.1 Å². The predicted octanol–water partition coefficient (Wildman–Crippen LogP) is 4.07. The Morgan fingerprint density at radius 1 is 0.978 bits per heavy atom. The first-order chi connectivity index (χ1) is 21.8. The number of carbonyl (C=O) groups is 2. The molecule has 4 aromatic rings. The van der Waals surface area contributed by atoms with E-state index < -0.39 is 15.9 Å². The van der Waals surface area contributed by atoms with Crippen molar-refractivity contribution < 1.29 is 22.7 Å². The van der Waals surface area contributed by atoms with Gasteiger partial charge in [-0.3, -0.25) is 19.5 Å². The molecule has 5 rings (SSSR count). The van der Waals surface area contributed by atoms with Gasteiger partial charge in [-0.25, -0.2) is 8.42 Å². The number of anilines is 1. The molecule has 1 aliphatic rings. The monoisotopic (exact) mass is 688 g/mol. The van der Waals surface area contributed by atoms with E-state index in [1.54, 1.807) is 29.5 Å². The Hall–Kier alpha value is -3.51. The van der Waals surface area contributed by atoms with E-state index in [0.29, 0.717) is 46.2 Å². The maximum Gasteiger partial charge on any atom is 0.251 e. The molecule has 0 bridgehead atoms. The van der Waals surface area contributed by atoms with Crippen LogP contribution in [0.2, 0.25) is 0 Å². The van der Waals surface area contributed by atoms with E-state index in [2.05, 4.69) is 31.0 Å². The highest BCUT2D eigenvalue weighted by Gasteiger charge is 2.26. The molecular weight excluding hydrogens is 657 g/mol. The molecule has 1 fully saturated rings. The quantitative estimate of drug-likeness (QED) is 0.154. The third-order valence-electron chi connectivity index (χ3n) is 6.76. The molecule has 0 unspecified atom stereocenters. The number of hydrogen-bond donors (Lipinski definition) is 2. The molecule has 1 saturated heterocycles. The van der Waals surface area contributed by atoms with Crippen molar-refractivity contribution in [3.05, 3.63) is 59.9 Å². The highest BCUT2D eigenvalue weighted by atomic mass is 32.2. The van der Waals surface area contributed by atoms with E-state index in [4.69, 9.17) is 4.74 Å². The maximum absolute atomic E-state index is 13.1. The molecule has 2 amide bonds. The largest absolute Gasteiger partial charge is 0.495 e. The summed E-state index contributed by atoms with van der Waals surface area (Å²) >= 11 is 4.03. The van der Waals surface area contributed by atoms with Gasteiger partial charge in [0.25, 0.3) is 5.91 Å². The van der Waals surface area contributed by atoms with E-state index in [1.165, 1.54) is 51.7 Å². The van der Waals surface area contributed by atoms with E-state index in [9.17, 15) is 18.0 Å². The van der Waals surface area contributed by atoms with Crippen LogP contribution in [-0.2, 0) is 21.4 Å². The van der Waals surface area contributed by atoms with Crippen molar-refractivity contribution in [1.82, 2.24) is 34.6 Å². The molecule has 45 heavy (non-hydrogen) atoms. The maximum atomic E-state index is 13.1. The first kappa shape index (κ1) is 32.9. The van der Waals surface area contributed by atoms with Crippen LogP contribution in [0.3, 0.4) is 0 Å². The van der Waals surface area contributed by atoms with Gasteiger partial charge < -0.3 is 10.1 Å². The van der Waals surface area contributed by atoms with Crippen LogP contribution in [0.25, 0.3) is 5.69 Å². The second-order valence-electron chi connectivity index (χ2n) is 9.72. The van der Waals surface area contributed by atoms with Crippen molar-refractivity contribution in [2.45, 2.75) is 47.1 Å². The Balaban J connectivity index is 1.28. The number of hydrogen-bond acceptors (Lipinski definition) is 12. The van der Waals surface area contributed by atoms with Crippen molar-refractivity contribution in [3.8, 4) is 11.4 Å². The Bertz CT molecular complexity index is 1740. The van der Waals surface area contributed by atoms with E-state index in [-0.39, 0.29) is 23.1 Å². The Morgan fingerprint density at radius 2 is 1.73 bits per heavy atom. The number of sulfonamides is 1. The first-order valence-electron chi connectivity index (χ1n) is 14.1. The zero-order chi connectivity index (χ0) is 31.8. The average Bonchev–Trinajstić information content (AvgIpc) is 3.69. The minimum absolute atomic E-state index is 0.00707. The number of ether oxygens (including phenoxy) is 1. The minimum Gasteiger partial charge on any atom is -0.495 e. The van der Waals surface area contributed by atoms with Gasteiger partial charge >= 0.3 is 0 Å². The van der Waals surface area contributed by atoms with E-state index in [0.717, 1.165) is 29.4 Å². The summed E-state index contributed by atoms with van der Waals surface area (Å²) in [6.45, 7) is 3.03. The molecule has 0 aliphatic carbocycles. The second-order valence-corrected chi connectivity index (χ2v) is 15.1. The molecule has 1 aliphatic heterocycles. The molecule has 2 aromatic heterocycles. The third-order valence-corrected chi connectivity index (χ3v) is 11.5. The van der Waals surface area contributed by atoms with Crippen LogP contribution in [0, 0.1) is 0 Å². The van der Waals surface area contributed by atoms with Gasteiger partial charge in [0.15, 0.2) is 15.3 Å². The fraction of sp³-hybridized carbons (Fsp3) is 0.357. The number of aromatic nitrogens is 5. The standard InChI is InChI=1S/C28H32N8O5S4/c1-3-42-28-34-32-26(44-28)30-24(37)18-43-27-33-31-23(36(27)21-9-5-6-10-22(21)41-2)17-29-25(38)19-11-13-20(14-12-19)45(39,40)35-15-7-4-8-16-35/h5-6,9-14H,3-4,7-8,15-18H2,1-2H3,(H,29,38)(H,30,32,37). The van der Waals surface area contributed by atoms with Crippen LogP contribution >= 0.6 is 34.9 Å². The van der Waals surface area contributed by atoms with Crippen molar-refractivity contribution in [2.75, 3.05) is 37.0 Å². The molecule has 3 heterocycles. The van der Waals surface area contributed by atoms with Crippen molar-refractivity contribution >= 4 is 61.8 Å². The van der Waals surface area contributed by atoms with Crippen molar-refractivity contribution in [2.24, 2.45) is 0 Å². The predicted molar refractivity (Wildman–Crippen MR) is 174 cm³/mol. The lowest BCUT2D eigenvalue weighted by Gasteiger charge is -2.25. The van der Waals surface area contributed by atoms with Crippen LogP contribution in [0.5, 0.6) is 5.75 Å². The second kappa shape index (κ2) is 15.2. The number of piperidine rings is 1. The number of rotatable bonds is 13. The summed E-state index contributed by atoms with van der Waals surface area (Å²) in [6.07, 6.45) is 2.71. The fourth-order valence-electron chi connectivity index (χ4n) is 4.59. The number of carbonyl (C=O) groups excluding carboxylic acids is 2.